The van der Waals surface area contributed by atoms with Crippen LogP contribution in [0.4, 0.5) is 0 Å². The van der Waals surface area contributed by atoms with Crippen molar-refractivity contribution in [2.45, 2.75) is 31.8 Å². The van der Waals surface area contributed by atoms with Crippen LogP contribution in [-0.2, 0) is 11.2 Å². The summed E-state index contributed by atoms with van der Waals surface area (Å²) in [7, 11) is 1.83. The lowest BCUT2D eigenvalue weighted by Crippen LogP contribution is -2.45. The zero-order valence-electron chi connectivity index (χ0n) is 10.1. The molecule has 2 heterocycles. The molecule has 1 aromatic heterocycles. The normalized spacial score (nSPS) is 19.6. The molecule has 1 aliphatic rings. The molecule has 16 heavy (non-hydrogen) atoms. The number of pyridine rings is 1. The number of methoxy groups -OCH3 is 1. The van der Waals surface area contributed by atoms with Crippen molar-refractivity contribution in [3.63, 3.8) is 0 Å². The average molecular weight is 220 g/mol. The maximum atomic E-state index is 5.77. The van der Waals surface area contributed by atoms with Crippen molar-refractivity contribution >= 4 is 0 Å². The number of aromatic nitrogens is 1. The van der Waals surface area contributed by atoms with Crippen LogP contribution in [0.5, 0.6) is 0 Å². The zero-order chi connectivity index (χ0) is 11.4. The van der Waals surface area contributed by atoms with Crippen LogP contribution in [0.15, 0.2) is 18.3 Å². The fourth-order valence-corrected chi connectivity index (χ4v) is 2.39. The maximum absolute atomic E-state index is 5.77. The lowest BCUT2D eigenvalue weighted by Gasteiger charge is -2.36. The minimum Gasteiger partial charge on any atom is -0.378 e. The largest absolute Gasteiger partial charge is 0.378 e. The fraction of sp³-hybridized carbons (Fsp3) is 0.615. The summed E-state index contributed by atoms with van der Waals surface area (Å²) in [6.07, 6.45) is 4.99. The molecule has 1 fully saturated rings. The first-order chi connectivity index (χ1) is 7.76. The number of aryl methyl sites for hydroxylation is 1. The van der Waals surface area contributed by atoms with Crippen molar-refractivity contribution in [1.82, 2.24) is 10.3 Å². The number of nitrogens with zero attached hydrogens (tertiary/aromatic N) is 1. The van der Waals surface area contributed by atoms with E-state index in [0.717, 1.165) is 38.0 Å². The second-order valence-corrected chi connectivity index (χ2v) is 4.56. The van der Waals surface area contributed by atoms with Crippen molar-refractivity contribution in [3.8, 4) is 0 Å². The van der Waals surface area contributed by atoms with Gasteiger partial charge in [0.25, 0.3) is 0 Å². The van der Waals surface area contributed by atoms with Crippen molar-refractivity contribution in [2.75, 3.05) is 20.2 Å². The fourth-order valence-electron chi connectivity index (χ4n) is 2.39. The van der Waals surface area contributed by atoms with Crippen LogP contribution >= 0.6 is 0 Å². The summed E-state index contributed by atoms with van der Waals surface area (Å²) in [6, 6.07) is 4.16. The number of ether oxygens (including phenoxy) is 1. The van der Waals surface area contributed by atoms with E-state index in [4.69, 9.17) is 4.74 Å². The van der Waals surface area contributed by atoms with Gasteiger partial charge in [0, 0.05) is 25.4 Å². The molecule has 0 atom stereocenters. The van der Waals surface area contributed by atoms with Crippen LogP contribution in [0.3, 0.4) is 0 Å². The molecule has 0 spiro atoms. The summed E-state index contributed by atoms with van der Waals surface area (Å²) in [6.45, 7) is 4.17. The van der Waals surface area contributed by atoms with E-state index >= 15 is 0 Å². The van der Waals surface area contributed by atoms with Gasteiger partial charge >= 0.3 is 0 Å². The molecule has 1 aliphatic heterocycles. The first kappa shape index (κ1) is 11.6. The molecule has 0 saturated carbocycles. The molecule has 3 nitrogen and oxygen atoms in total. The number of hydrogen-bond donors (Lipinski definition) is 1. The Bertz CT molecular complexity index is 346. The molecule has 0 aliphatic carbocycles. The Morgan fingerprint density at radius 2 is 2.19 bits per heavy atom. The minimum absolute atomic E-state index is 0.0129. The van der Waals surface area contributed by atoms with E-state index in [2.05, 4.69) is 23.3 Å². The third-order valence-corrected chi connectivity index (χ3v) is 3.58. The summed E-state index contributed by atoms with van der Waals surface area (Å²) in [4.78, 5) is 4.34. The number of rotatable bonds is 3. The van der Waals surface area contributed by atoms with E-state index in [1.807, 2.05) is 19.4 Å². The summed E-state index contributed by atoms with van der Waals surface area (Å²) < 4.78 is 5.77. The Balaban J connectivity index is 2.15. The number of hydrogen-bond acceptors (Lipinski definition) is 3. The molecule has 0 aromatic carbocycles. The van der Waals surface area contributed by atoms with E-state index in [9.17, 15) is 0 Å². The van der Waals surface area contributed by atoms with Crippen LogP contribution in [0, 0.1) is 6.92 Å². The number of piperidine rings is 1. The molecule has 3 heteroatoms. The Morgan fingerprint density at radius 1 is 1.44 bits per heavy atom. The number of nitrogens with one attached hydrogen (secondary N) is 1. The van der Waals surface area contributed by atoms with Gasteiger partial charge in [-0.25, -0.2) is 0 Å². The van der Waals surface area contributed by atoms with Gasteiger partial charge in [-0.1, -0.05) is 6.07 Å². The lowest BCUT2D eigenvalue weighted by atomic mass is 9.85. The molecule has 1 N–H and O–H groups in total. The molecular formula is C13H20N2O. The summed E-state index contributed by atoms with van der Waals surface area (Å²) in [5.74, 6) is 0. The van der Waals surface area contributed by atoms with Gasteiger partial charge in [-0.05, 0) is 44.5 Å². The molecule has 0 amide bonds. The molecule has 0 unspecified atom stereocenters. The predicted molar refractivity (Wildman–Crippen MR) is 64.5 cm³/mol. The van der Waals surface area contributed by atoms with E-state index < -0.39 is 0 Å². The molecule has 1 saturated heterocycles. The van der Waals surface area contributed by atoms with Crippen LogP contribution in [-0.4, -0.2) is 30.8 Å². The molecule has 0 radical (unpaired) electrons. The third kappa shape index (κ3) is 2.42. The zero-order valence-corrected chi connectivity index (χ0v) is 10.1. The minimum atomic E-state index is 0.0129. The second kappa shape index (κ2) is 4.93. The van der Waals surface area contributed by atoms with Crippen molar-refractivity contribution in [3.05, 3.63) is 29.6 Å². The summed E-state index contributed by atoms with van der Waals surface area (Å²) in [5, 5.41) is 3.38. The van der Waals surface area contributed by atoms with E-state index in [0.29, 0.717) is 0 Å². The molecule has 2 rings (SSSR count). The van der Waals surface area contributed by atoms with Crippen molar-refractivity contribution in [2.24, 2.45) is 0 Å². The molecule has 0 bridgehead atoms. The van der Waals surface area contributed by atoms with E-state index in [-0.39, 0.29) is 5.60 Å². The maximum Gasteiger partial charge on any atom is 0.0743 e. The van der Waals surface area contributed by atoms with Crippen LogP contribution in [0.1, 0.15) is 24.1 Å². The van der Waals surface area contributed by atoms with Crippen molar-refractivity contribution in [1.29, 1.82) is 0 Å². The summed E-state index contributed by atoms with van der Waals surface area (Å²) >= 11 is 0. The standard InChI is InChI=1S/C13H20N2O/c1-11-12(4-3-7-15-11)10-13(16-2)5-8-14-9-6-13/h3-4,7,14H,5-6,8-10H2,1-2H3. The smallest absolute Gasteiger partial charge is 0.0743 e. The van der Waals surface area contributed by atoms with Gasteiger partial charge in [-0.15, -0.1) is 0 Å². The van der Waals surface area contributed by atoms with Gasteiger partial charge in [0.2, 0.25) is 0 Å². The highest BCUT2D eigenvalue weighted by molar-refractivity contribution is 5.21. The van der Waals surface area contributed by atoms with Gasteiger partial charge in [-0.2, -0.15) is 0 Å². The highest BCUT2D eigenvalue weighted by Crippen LogP contribution is 2.27. The Morgan fingerprint density at radius 3 is 2.81 bits per heavy atom. The van der Waals surface area contributed by atoms with Gasteiger partial charge in [-0.3, -0.25) is 4.98 Å². The second-order valence-electron chi connectivity index (χ2n) is 4.56. The van der Waals surface area contributed by atoms with Crippen LogP contribution in [0.25, 0.3) is 0 Å². The lowest BCUT2D eigenvalue weighted by molar-refractivity contribution is -0.0335. The van der Waals surface area contributed by atoms with Crippen molar-refractivity contribution < 1.29 is 4.74 Å². The third-order valence-electron chi connectivity index (χ3n) is 3.58. The Hall–Kier alpha value is -0.930. The van der Waals surface area contributed by atoms with Gasteiger partial charge in [0.1, 0.15) is 0 Å². The van der Waals surface area contributed by atoms with Gasteiger partial charge < -0.3 is 10.1 Å². The Labute approximate surface area is 97.2 Å². The van der Waals surface area contributed by atoms with E-state index in [1.165, 1.54) is 5.56 Å². The first-order valence-electron chi connectivity index (χ1n) is 5.92. The van der Waals surface area contributed by atoms with Gasteiger partial charge in [0.15, 0.2) is 0 Å². The van der Waals surface area contributed by atoms with Gasteiger partial charge in [0.05, 0.1) is 5.60 Å². The highest BCUT2D eigenvalue weighted by Gasteiger charge is 2.32. The molecular weight excluding hydrogens is 200 g/mol. The SMILES string of the molecule is COC1(Cc2cccnc2C)CCNCC1. The van der Waals surface area contributed by atoms with E-state index in [1.54, 1.807) is 0 Å². The monoisotopic (exact) mass is 220 g/mol. The quantitative estimate of drug-likeness (QED) is 0.842. The Kier molecular flexibility index (Phi) is 3.56. The first-order valence-corrected chi connectivity index (χ1v) is 5.92. The molecule has 1 aromatic rings. The topological polar surface area (TPSA) is 34.1 Å². The molecule has 88 valence electrons. The summed E-state index contributed by atoms with van der Waals surface area (Å²) in [5.41, 5.74) is 2.45. The van der Waals surface area contributed by atoms with Crippen LogP contribution in [0.2, 0.25) is 0 Å². The van der Waals surface area contributed by atoms with Crippen LogP contribution < -0.4 is 5.32 Å². The predicted octanol–water partition coefficient (Wildman–Crippen LogP) is 1.70. The average Bonchev–Trinajstić information content (AvgIpc) is 2.33. The highest BCUT2D eigenvalue weighted by atomic mass is 16.5.